The van der Waals surface area contributed by atoms with Crippen LogP contribution in [0.25, 0.3) is 5.57 Å². The predicted molar refractivity (Wildman–Crippen MR) is 110 cm³/mol. The molecule has 27 heavy (non-hydrogen) atoms. The van der Waals surface area contributed by atoms with Crippen LogP contribution >= 0.6 is 0 Å². The van der Waals surface area contributed by atoms with E-state index in [2.05, 4.69) is 31.4 Å². The van der Waals surface area contributed by atoms with E-state index in [1.165, 1.54) is 5.56 Å². The van der Waals surface area contributed by atoms with Gasteiger partial charge >= 0.3 is 6.09 Å². The van der Waals surface area contributed by atoms with Gasteiger partial charge in [-0.25, -0.2) is 9.69 Å². The Hall–Kier alpha value is -2.23. The van der Waals surface area contributed by atoms with E-state index in [1.807, 2.05) is 48.5 Å². The molecule has 0 saturated carbocycles. The molecule has 1 aromatic rings. The SMILES string of the molecule is C=C(C)c1ccc2c(c1)CCC2N(C(=C)OC(C)(C)C)C(=O)OC(C)(C)C. The summed E-state index contributed by atoms with van der Waals surface area (Å²) in [7, 11) is 0. The van der Waals surface area contributed by atoms with E-state index < -0.39 is 17.3 Å². The molecule has 0 fully saturated rings. The summed E-state index contributed by atoms with van der Waals surface area (Å²) in [6, 6.07) is 6.15. The first-order chi connectivity index (χ1) is 12.3. The Morgan fingerprint density at radius 1 is 1.07 bits per heavy atom. The zero-order valence-corrected chi connectivity index (χ0v) is 17.8. The molecule has 1 aliphatic rings. The molecule has 1 aromatic carbocycles. The minimum atomic E-state index is -0.595. The zero-order chi connectivity index (χ0) is 20.6. The summed E-state index contributed by atoms with van der Waals surface area (Å²) in [6.45, 7) is 21.5. The van der Waals surface area contributed by atoms with Gasteiger partial charge in [0.2, 0.25) is 0 Å². The van der Waals surface area contributed by atoms with Gasteiger partial charge in [-0.15, -0.1) is 0 Å². The van der Waals surface area contributed by atoms with Crippen LogP contribution in [0, 0.1) is 0 Å². The maximum Gasteiger partial charge on any atom is 0.417 e. The molecule has 0 spiro atoms. The number of allylic oxidation sites excluding steroid dienone is 1. The van der Waals surface area contributed by atoms with Gasteiger partial charge in [-0.3, -0.25) is 0 Å². The number of hydrogen-bond acceptors (Lipinski definition) is 3. The Morgan fingerprint density at radius 3 is 2.19 bits per heavy atom. The highest BCUT2D eigenvalue weighted by molar-refractivity contribution is 5.71. The second kappa shape index (κ2) is 7.41. The monoisotopic (exact) mass is 371 g/mol. The van der Waals surface area contributed by atoms with Crippen molar-refractivity contribution in [1.29, 1.82) is 0 Å². The average molecular weight is 372 g/mol. The zero-order valence-electron chi connectivity index (χ0n) is 17.8. The molecule has 4 heteroatoms. The number of rotatable bonds is 4. The molecule has 1 atom stereocenters. The van der Waals surface area contributed by atoms with Crippen LogP contribution in [0.15, 0.2) is 37.2 Å². The molecule has 0 bridgehead atoms. The van der Waals surface area contributed by atoms with E-state index in [1.54, 1.807) is 4.90 Å². The molecule has 4 nitrogen and oxygen atoms in total. The fourth-order valence-electron chi connectivity index (χ4n) is 3.25. The minimum Gasteiger partial charge on any atom is -0.473 e. The fraction of sp³-hybridized carbons (Fsp3) is 0.522. The predicted octanol–water partition coefficient (Wildman–Crippen LogP) is 6.23. The molecule has 1 unspecified atom stereocenters. The van der Waals surface area contributed by atoms with Gasteiger partial charge in [-0.2, -0.15) is 0 Å². The lowest BCUT2D eigenvalue weighted by molar-refractivity contribution is -0.0275. The van der Waals surface area contributed by atoms with Gasteiger partial charge in [0, 0.05) is 0 Å². The highest BCUT2D eigenvalue weighted by atomic mass is 16.6. The van der Waals surface area contributed by atoms with E-state index in [9.17, 15) is 4.79 Å². The van der Waals surface area contributed by atoms with E-state index in [0.717, 1.165) is 29.5 Å². The number of amides is 1. The van der Waals surface area contributed by atoms with E-state index in [0.29, 0.717) is 5.88 Å². The van der Waals surface area contributed by atoms with Crippen molar-refractivity contribution in [1.82, 2.24) is 4.90 Å². The van der Waals surface area contributed by atoms with Gasteiger partial charge in [0.25, 0.3) is 0 Å². The average Bonchev–Trinajstić information content (AvgIpc) is 2.86. The van der Waals surface area contributed by atoms with E-state index >= 15 is 0 Å². The Kier molecular flexibility index (Phi) is 5.79. The minimum absolute atomic E-state index is 0.149. The van der Waals surface area contributed by atoms with Gasteiger partial charge in [0.1, 0.15) is 11.2 Å². The lowest BCUT2D eigenvalue weighted by Gasteiger charge is -2.35. The van der Waals surface area contributed by atoms with Crippen molar-refractivity contribution in [2.24, 2.45) is 0 Å². The number of fused-ring (bicyclic) bond motifs is 1. The van der Waals surface area contributed by atoms with E-state index in [-0.39, 0.29) is 6.04 Å². The smallest absolute Gasteiger partial charge is 0.417 e. The van der Waals surface area contributed by atoms with Crippen LogP contribution in [0.3, 0.4) is 0 Å². The van der Waals surface area contributed by atoms with Gasteiger partial charge in [0.15, 0.2) is 5.88 Å². The van der Waals surface area contributed by atoms with Crippen molar-refractivity contribution in [2.75, 3.05) is 0 Å². The number of nitrogens with zero attached hydrogens (tertiary/aromatic N) is 1. The van der Waals surface area contributed by atoms with Crippen LogP contribution in [0.2, 0.25) is 0 Å². The third-order valence-corrected chi connectivity index (χ3v) is 4.28. The molecule has 2 rings (SSSR count). The fourth-order valence-corrected chi connectivity index (χ4v) is 3.25. The number of benzene rings is 1. The third kappa shape index (κ3) is 5.38. The van der Waals surface area contributed by atoms with Crippen molar-refractivity contribution in [3.8, 4) is 0 Å². The normalized spacial score (nSPS) is 16.5. The second-order valence-electron chi connectivity index (χ2n) is 9.21. The topological polar surface area (TPSA) is 38.8 Å². The summed E-state index contributed by atoms with van der Waals surface area (Å²) in [4.78, 5) is 14.6. The van der Waals surface area contributed by atoms with E-state index in [4.69, 9.17) is 9.47 Å². The lowest BCUT2D eigenvalue weighted by Crippen LogP contribution is -2.40. The van der Waals surface area contributed by atoms with Crippen molar-refractivity contribution in [3.63, 3.8) is 0 Å². The molecule has 0 saturated heterocycles. The van der Waals surface area contributed by atoms with Gasteiger partial charge < -0.3 is 9.47 Å². The number of carbonyl (C=O) groups excluding carboxylic acids is 1. The quantitative estimate of drug-likeness (QED) is 0.589. The summed E-state index contributed by atoms with van der Waals surface area (Å²) >= 11 is 0. The molecular formula is C23H33NO3. The molecular weight excluding hydrogens is 338 g/mol. The van der Waals surface area contributed by atoms with Crippen LogP contribution in [0.4, 0.5) is 4.79 Å². The first kappa shape index (κ1) is 21.1. The number of carbonyl (C=O) groups is 1. The summed E-state index contributed by atoms with van der Waals surface area (Å²) in [5.74, 6) is 0.318. The number of ether oxygens (including phenoxy) is 2. The molecule has 1 aliphatic carbocycles. The van der Waals surface area contributed by atoms with Crippen molar-refractivity contribution < 1.29 is 14.3 Å². The molecule has 0 aliphatic heterocycles. The van der Waals surface area contributed by atoms with Gasteiger partial charge in [-0.1, -0.05) is 30.4 Å². The third-order valence-electron chi connectivity index (χ3n) is 4.28. The Morgan fingerprint density at radius 2 is 1.67 bits per heavy atom. The number of aryl methyl sites for hydroxylation is 1. The first-order valence-corrected chi connectivity index (χ1v) is 9.47. The standard InChI is InChI=1S/C23H33NO3/c1-15(2)17-10-12-19-18(14-17)11-13-20(19)24(16(3)26-22(4,5)6)21(25)27-23(7,8)9/h10,12,14,20H,1,3,11,13H2,2,4-9H3. The Balaban J connectivity index is 2.39. The molecule has 0 N–H and O–H groups in total. The summed E-state index contributed by atoms with van der Waals surface area (Å²) < 4.78 is 11.6. The second-order valence-corrected chi connectivity index (χ2v) is 9.21. The van der Waals surface area contributed by atoms with Crippen LogP contribution in [-0.2, 0) is 15.9 Å². The summed E-state index contributed by atoms with van der Waals surface area (Å²) in [5, 5.41) is 0. The molecule has 148 valence electrons. The molecule has 0 heterocycles. The maximum atomic E-state index is 13.0. The molecule has 0 aromatic heterocycles. The van der Waals surface area contributed by atoms with Crippen molar-refractivity contribution in [2.45, 2.75) is 78.6 Å². The van der Waals surface area contributed by atoms with Crippen LogP contribution in [0.1, 0.15) is 77.6 Å². The summed E-state index contributed by atoms with van der Waals surface area (Å²) in [5.41, 5.74) is 3.46. The Labute approximate surface area is 163 Å². The van der Waals surface area contributed by atoms with Gasteiger partial charge in [0.05, 0.1) is 6.04 Å². The number of hydrogen-bond donors (Lipinski definition) is 0. The summed E-state index contributed by atoms with van der Waals surface area (Å²) in [6.07, 6.45) is 1.27. The van der Waals surface area contributed by atoms with Crippen molar-refractivity contribution in [3.05, 3.63) is 53.9 Å². The first-order valence-electron chi connectivity index (χ1n) is 9.47. The molecule has 1 amide bonds. The largest absolute Gasteiger partial charge is 0.473 e. The van der Waals surface area contributed by atoms with Crippen LogP contribution in [0.5, 0.6) is 0 Å². The maximum absolute atomic E-state index is 13.0. The lowest BCUT2D eigenvalue weighted by atomic mass is 10.0. The highest BCUT2D eigenvalue weighted by Gasteiger charge is 2.37. The Bertz CT molecular complexity index is 722. The van der Waals surface area contributed by atoms with Crippen LogP contribution in [-0.4, -0.2) is 22.2 Å². The van der Waals surface area contributed by atoms with Gasteiger partial charge in [-0.05, 0) is 84.6 Å². The molecule has 0 radical (unpaired) electrons. The van der Waals surface area contributed by atoms with Crippen LogP contribution < -0.4 is 0 Å². The highest BCUT2D eigenvalue weighted by Crippen LogP contribution is 2.40. The van der Waals surface area contributed by atoms with Crippen molar-refractivity contribution >= 4 is 11.7 Å².